The van der Waals surface area contributed by atoms with Gasteiger partial charge in [0.05, 0.1) is 16.6 Å². The zero-order valence-corrected chi connectivity index (χ0v) is 9.50. The van der Waals surface area contributed by atoms with Gasteiger partial charge in [0.1, 0.15) is 0 Å². The van der Waals surface area contributed by atoms with Gasteiger partial charge in [0, 0.05) is 6.26 Å². The van der Waals surface area contributed by atoms with Crippen molar-refractivity contribution in [3.05, 3.63) is 0 Å². The van der Waals surface area contributed by atoms with Crippen molar-refractivity contribution >= 4 is 32.0 Å². The van der Waals surface area contributed by atoms with Crippen LogP contribution in [-0.4, -0.2) is 34.8 Å². The third-order valence-electron chi connectivity index (χ3n) is 1.28. The highest BCUT2D eigenvalue weighted by Crippen LogP contribution is 2.18. The molecule has 0 aliphatic carbocycles. The van der Waals surface area contributed by atoms with Crippen LogP contribution in [0.3, 0.4) is 0 Å². The number of hydrogen-bond acceptors (Lipinski definition) is 6. The number of hydrogen-bond donors (Lipinski definition) is 0. The summed E-state index contributed by atoms with van der Waals surface area (Å²) in [6.07, 6.45) is 1.43. The molecular formula is C5H8N2O3S3. The fraction of sp³-hybridized carbons (Fsp3) is 0.600. The van der Waals surface area contributed by atoms with Gasteiger partial charge in [-0.2, -0.15) is 0 Å². The van der Waals surface area contributed by atoms with Crippen LogP contribution in [0.4, 0.5) is 0 Å². The van der Waals surface area contributed by atoms with Crippen molar-refractivity contribution in [2.75, 3.05) is 12.0 Å². The van der Waals surface area contributed by atoms with Gasteiger partial charge in [0.15, 0.2) is 0 Å². The summed E-state index contributed by atoms with van der Waals surface area (Å²) in [5, 5.41) is 6.99. The normalized spacial score (nSPS) is 14.3. The lowest BCUT2D eigenvalue weighted by molar-refractivity contribution is 0.595. The van der Waals surface area contributed by atoms with Crippen LogP contribution in [-0.2, 0) is 20.6 Å². The largest absolute Gasteiger partial charge is 0.252 e. The molecule has 5 nitrogen and oxygen atoms in total. The third kappa shape index (κ3) is 2.32. The third-order valence-corrected chi connectivity index (χ3v) is 5.71. The highest BCUT2D eigenvalue weighted by atomic mass is 32.2. The summed E-state index contributed by atoms with van der Waals surface area (Å²) in [5.74, 6) is -0.0159. The molecule has 1 aromatic heterocycles. The van der Waals surface area contributed by atoms with Crippen molar-refractivity contribution < 1.29 is 12.6 Å². The Hall–Kier alpha value is -0.340. The highest BCUT2D eigenvalue weighted by molar-refractivity contribution is 7.94. The molecule has 1 rings (SSSR count). The van der Waals surface area contributed by atoms with Gasteiger partial charge >= 0.3 is 0 Å². The van der Waals surface area contributed by atoms with Crippen LogP contribution in [0.1, 0.15) is 6.92 Å². The Morgan fingerprint density at radius 2 is 2.08 bits per heavy atom. The van der Waals surface area contributed by atoms with Crippen molar-refractivity contribution in [2.24, 2.45) is 0 Å². The van der Waals surface area contributed by atoms with Crippen LogP contribution in [0.2, 0.25) is 0 Å². The molecular weight excluding hydrogens is 232 g/mol. The first kappa shape index (κ1) is 10.7. The topological polar surface area (TPSA) is 77.0 Å². The van der Waals surface area contributed by atoms with Crippen LogP contribution in [0.5, 0.6) is 0 Å². The van der Waals surface area contributed by atoms with E-state index >= 15 is 0 Å². The Balaban J connectivity index is 3.13. The average molecular weight is 240 g/mol. The van der Waals surface area contributed by atoms with Crippen molar-refractivity contribution in [1.29, 1.82) is 0 Å². The van der Waals surface area contributed by atoms with Gasteiger partial charge in [-0.15, -0.1) is 10.2 Å². The minimum absolute atomic E-state index is 0.0159. The Morgan fingerprint density at radius 1 is 1.46 bits per heavy atom. The molecule has 0 bridgehead atoms. The van der Waals surface area contributed by atoms with Crippen molar-refractivity contribution in [2.45, 2.75) is 15.6 Å². The number of nitrogens with zero attached hydrogens (tertiary/aromatic N) is 2. The first-order valence-corrected chi connectivity index (χ1v) is 7.39. The lowest BCUT2D eigenvalue weighted by Gasteiger charge is -1.90. The van der Waals surface area contributed by atoms with Gasteiger partial charge in [-0.05, 0) is 0 Å². The molecule has 0 radical (unpaired) electrons. The van der Waals surface area contributed by atoms with Crippen LogP contribution < -0.4 is 0 Å². The molecule has 0 amide bonds. The summed E-state index contributed by atoms with van der Waals surface area (Å²) in [7, 11) is -4.56. The second kappa shape index (κ2) is 3.81. The summed E-state index contributed by atoms with van der Waals surface area (Å²) >= 11 is 0.862. The summed E-state index contributed by atoms with van der Waals surface area (Å²) in [6, 6.07) is 0. The van der Waals surface area contributed by atoms with Crippen molar-refractivity contribution in [3.63, 3.8) is 0 Å². The van der Waals surface area contributed by atoms with E-state index < -0.39 is 20.6 Å². The van der Waals surface area contributed by atoms with Gasteiger partial charge in [0.2, 0.25) is 18.5 Å². The lowest BCUT2D eigenvalue weighted by Crippen LogP contribution is -2.02. The molecule has 8 heteroatoms. The van der Waals surface area contributed by atoms with E-state index in [-0.39, 0.29) is 14.4 Å². The van der Waals surface area contributed by atoms with E-state index in [2.05, 4.69) is 10.2 Å². The molecule has 1 unspecified atom stereocenters. The minimum atomic E-state index is -3.30. The minimum Gasteiger partial charge on any atom is -0.252 e. The molecule has 1 heterocycles. The summed E-state index contributed by atoms with van der Waals surface area (Å²) in [5.41, 5.74) is 0. The molecule has 13 heavy (non-hydrogen) atoms. The Labute approximate surface area is 82.6 Å². The molecule has 0 aromatic carbocycles. The molecule has 0 aliphatic rings. The van der Waals surface area contributed by atoms with Gasteiger partial charge in [-0.3, -0.25) is 4.21 Å². The van der Waals surface area contributed by atoms with Gasteiger partial charge in [0.25, 0.3) is 0 Å². The van der Waals surface area contributed by atoms with Crippen LogP contribution in [0.15, 0.2) is 8.68 Å². The van der Waals surface area contributed by atoms with Gasteiger partial charge < -0.3 is 0 Å². The predicted octanol–water partition coefficient (Wildman–Crippen LogP) is 0.0691. The fourth-order valence-electron chi connectivity index (χ4n) is 0.562. The fourth-order valence-corrected chi connectivity index (χ4v) is 3.41. The van der Waals surface area contributed by atoms with Gasteiger partial charge in [-0.1, -0.05) is 18.3 Å². The predicted molar refractivity (Wildman–Crippen MR) is 50.0 cm³/mol. The SMILES string of the molecule is CCS(=O)(=O)c1nnc(S(C)=O)s1. The molecule has 1 aromatic rings. The van der Waals surface area contributed by atoms with Crippen LogP contribution in [0, 0.1) is 0 Å². The highest BCUT2D eigenvalue weighted by Gasteiger charge is 2.18. The van der Waals surface area contributed by atoms with E-state index in [1.807, 2.05) is 0 Å². The summed E-state index contributed by atoms with van der Waals surface area (Å²) in [4.78, 5) is 0. The average Bonchev–Trinajstić information content (AvgIpc) is 2.52. The van der Waals surface area contributed by atoms with E-state index in [4.69, 9.17) is 0 Å². The maximum Gasteiger partial charge on any atom is 0.233 e. The molecule has 0 spiro atoms. The maximum atomic E-state index is 11.2. The molecule has 0 N–H and O–H groups in total. The van der Waals surface area contributed by atoms with E-state index in [9.17, 15) is 12.6 Å². The first-order chi connectivity index (χ1) is 5.97. The smallest absolute Gasteiger partial charge is 0.233 e. The molecule has 0 saturated heterocycles. The lowest BCUT2D eigenvalue weighted by atomic mass is 11.0. The molecule has 0 fully saturated rings. The van der Waals surface area contributed by atoms with Gasteiger partial charge in [-0.25, -0.2) is 8.42 Å². The zero-order valence-electron chi connectivity index (χ0n) is 7.05. The second-order valence-electron chi connectivity index (χ2n) is 2.19. The number of sulfone groups is 1. The molecule has 0 aliphatic heterocycles. The van der Waals surface area contributed by atoms with Crippen LogP contribution in [0.25, 0.3) is 0 Å². The van der Waals surface area contributed by atoms with E-state index in [0.717, 1.165) is 11.3 Å². The number of aromatic nitrogens is 2. The maximum absolute atomic E-state index is 11.2. The van der Waals surface area contributed by atoms with Crippen LogP contribution >= 0.6 is 11.3 Å². The molecule has 1 atom stereocenters. The summed E-state index contributed by atoms with van der Waals surface area (Å²) < 4.78 is 33.6. The molecule has 74 valence electrons. The van der Waals surface area contributed by atoms with Crippen molar-refractivity contribution in [1.82, 2.24) is 10.2 Å². The summed E-state index contributed by atoms with van der Waals surface area (Å²) in [6.45, 7) is 1.53. The quantitative estimate of drug-likeness (QED) is 0.747. The van der Waals surface area contributed by atoms with E-state index in [1.165, 1.54) is 13.2 Å². The first-order valence-electron chi connectivity index (χ1n) is 3.37. The van der Waals surface area contributed by atoms with E-state index in [1.54, 1.807) is 0 Å². The van der Waals surface area contributed by atoms with E-state index in [0.29, 0.717) is 0 Å². The Bertz CT molecular complexity index is 422. The molecule has 0 saturated carbocycles. The van der Waals surface area contributed by atoms with Crippen molar-refractivity contribution in [3.8, 4) is 0 Å². The zero-order chi connectivity index (χ0) is 10.1. The standard InChI is InChI=1S/C5H8N2O3S3/c1-3-13(9,10)5-7-6-4(11-5)12(2)8/h3H2,1-2H3. The monoisotopic (exact) mass is 240 g/mol. The number of rotatable bonds is 3. The second-order valence-corrected chi connectivity index (χ2v) is 7.17. The Morgan fingerprint density at radius 3 is 2.46 bits per heavy atom. The Kier molecular flexibility index (Phi) is 3.14.